The summed E-state index contributed by atoms with van der Waals surface area (Å²) in [4.78, 5) is 25.5. The van der Waals surface area contributed by atoms with E-state index >= 15 is 0 Å². The Hall–Kier alpha value is -2.92. The molecule has 2 N–H and O–H groups in total. The van der Waals surface area contributed by atoms with Crippen molar-refractivity contribution in [2.24, 2.45) is 0 Å². The van der Waals surface area contributed by atoms with E-state index in [9.17, 15) is 17.8 Å². The van der Waals surface area contributed by atoms with Gasteiger partial charge in [0.25, 0.3) is 5.91 Å². The molecule has 1 saturated heterocycles. The Morgan fingerprint density at radius 1 is 1.23 bits per heavy atom. The second kappa shape index (κ2) is 9.62. The Kier molecular flexibility index (Phi) is 6.92. The highest BCUT2D eigenvalue weighted by Crippen LogP contribution is 2.36. The highest BCUT2D eigenvalue weighted by Gasteiger charge is 2.33. The third kappa shape index (κ3) is 5.51. The Labute approximate surface area is 207 Å². The van der Waals surface area contributed by atoms with E-state index < -0.39 is 21.6 Å². The van der Waals surface area contributed by atoms with E-state index in [1.807, 2.05) is 13.8 Å². The van der Waals surface area contributed by atoms with Gasteiger partial charge in [0.05, 0.1) is 31.4 Å². The smallest absolute Gasteiger partial charge is 0.259 e. The van der Waals surface area contributed by atoms with Gasteiger partial charge in [-0.2, -0.15) is 0 Å². The first-order valence-electron chi connectivity index (χ1n) is 11.1. The number of rotatable bonds is 5. The van der Waals surface area contributed by atoms with E-state index in [1.165, 1.54) is 23.7 Å². The summed E-state index contributed by atoms with van der Waals surface area (Å²) in [6, 6.07) is 6.37. The molecule has 0 spiro atoms. The molecule has 7 nitrogen and oxygen atoms in total. The summed E-state index contributed by atoms with van der Waals surface area (Å²) in [6.45, 7) is 4.16. The van der Waals surface area contributed by atoms with Crippen LogP contribution >= 0.6 is 11.3 Å². The van der Waals surface area contributed by atoms with Crippen molar-refractivity contribution in [2.45, 2.75) is 43.9 Å². The Morgan fingerprint density at radius 3 is 2.69 bits per heavy atom. The zero-order valence-electron chi connectivity index (χ0n) is 19.7. The first-order chi connectivity index (χ1) is 16.5. The summed E-state index contributed by atoms with van der Waals surface area (Å²) in [6.07, 6.45) is 2.79. The molecule has 186 valence electrons. The fourth-order valence-corrected chi connectivity index (χ4v) is 5.74. The van der Waals surface area contributed by atoms with Gasteiger partial charge in [-0.3, -0.25) is 4.79 Å². The molecule has 1 atom stereocenters. The number of hydrogen-bond donors (Lipinski definition) is 2. The molecule has 1 aromatic carbocycles. The second-order valence-electron chi connectivity index (χ2n) is 8.78. The van der Waals surface area contributed by atoms with Gasteiger partial charge in [0, 0.05) is 54.5 Å². The van der Waals surface area contributed by atoms with Gasteiger partial charge in [0.1, 0.15) is 5.82 Å². The average Bonchev–Trinajstić information content (AvgIpc) is 3.11. The minimum Gasteiger partial charge on any atom is -0.356 e. The number of pyridine rings is 1. The SMILES string of the molecule is Cc1ncsc1-c1cnc(N2CCCC(F)(F)CC2)c(C(=O)Nc2cccc(S(C)(=N)=O)c2)c1C. The number of aromatic nitrogens is 2. The minimum atomic E-state index is -2.96. The van der Waals surface area contributed by atoms with E-state index in [2.05, 4.69) is 15.3 Å². The lowest BCUT2D eigenvalue weighted by Crippen LogP contribution is -2.30. The van der Waals surface area contributed by atoms with E-state index in [0.29, 0.717) is 40.5 Å². The first kappa shape index (κ1) is 25.2. The van der Waals surface area contributed by atoms with Crippen LogP contribution in [0.2, 0.25) is 0 Å². The number of carbonyl (C=O) groups excluding carboxylic acids is 1. The van der Waals surface area contributed by atoms with Gasteiger partial charge in [-0.25, -0.2) is 27.7 Å². The molecular weight excluding hydrogens is 492 g/mol. The number of benzene rings is 1. The molecule has 3 heterocycles. The molecule has 4 rings (SSSR count). The van der Waals surface area contributed by atoms with Crippen molar-refractivity contribution >= 4 is 38.5 Å². The highest BCUT2D eigenvalue weighted by molar-refractivity contribution is 7.91. The largest absolute Gasteiger partial charge is 0.356 e. The van der Waals surface area contributed by atoms with E-state index in [0.717, 1.165) is 16.1 Å². The van der Waals surface area contributed by atoms with Crippen LogP contribution in [0.25, 0.3) is 10.4 Å². The third-order valence-corrected chi connectivity index (χ3v) is 8.21. The van der Waals surface area contributed by atoms with Gasteiger partial charge in [-0.1, -0.05) is 6.07 Å². The maximum absolute atomic E-state index is 14.0. The van der Waals surface area contributed by atoms with Crippen LogP contribution in [-0.2, 0) is 9.73 Å². The molecule has 0 aliphatic carbocycles. The van der Waals surface area contributed by atoms with Crippen LogP contribution in [0.5, 0.6) is 0 Å². The predicted octanol–water partition coefficient (Wildman–Crippen LogP) is 5.74. The fraction of sp³-hybridized carbons (Fsp3) is 0.375. The van der Waals surface area contributed by atoms with Crippen molar-refractivity contribution in [1.82, 2.24) is 9.97 Å². The van der Waals surface area contributed by atoms with Gasteiger partial charge in [-0.05, 0) is 44.0 Å². The molecule has 0 radical (unpaired) electrons. The first-order valence-corrected chi connectivity index (χ1v) is 14.0. The standard InChI is InChI=1S/C24H27F2N5O2S2/c1-15-19(21-16(2)29-14-34-21)13-28-22(31-10-5-8-24(25,26)9-11-31)20(15)23(32)30-17-6-4-7-18(12-17)35(3,27)33/h4,6-7,12-14,27H,5,8-11H2,1-3H3,(H,30,32). The number of thiazole rings is 1. The Balaban J connectivity index is 1.78. The number of amides is 1. The quantitative estimate of drug-likeness (QED) is 0.448. The van der Waals surface area contributed by atoms with Crippen LogP contribution in [0.1, 0.15) is 40.9 Å². The van der Waals surface area contributed by atoms with Crippen LogP contribution in [0, 0.1) is 18.6 Å². The molecule has 35 heavy (non-hydrogen) atoms. The van der Waals surface area contributed by atoms with Crippen molar-refractivity contribution in [3.63, 3.8) is 0 Å². The molecule has 1 unspecified atom stereocenters. The summed E-state index contributed by atoms with van der Waals surface area (Å²) in [5.41, 5.74) is 4.66. The van der Waals surface area contributed by atoms with Crippen LogP contribution in [0.4, 0.5) is 20.3 Å². The third-order valence-electron chi connectivity index (χ3n) is 6.10. The fourth-order valence-electron chi connectivity index (χ4n) is 4.18. The van der Waals surface area contributed by atoms with Crippen LogP contribution in [0.3, 0.4) is 0 Å². The summed E-state index contributed by atoms with van der Waals surface area (Å²) in [5.74, 6) is -2.83. The number of carbonyl (C=O) groups is 1. The van der Waals surface area contributed by atoms with Gasteiger partial charge >= 0.3 is 0 Å². The van der Waals surface area contributed by atoms with Gasteiger partial charge in [0.15, 0.2) is 0 Å². The molecule has 0 bridgehead atoms. The van der Waals surface area contributed by atoms with Crippen LogP contribution in [0.15, 0.2) is 40.9 Å². The zero-order chi connectivity index (χ0) is 25.4. The lowest BCUT2D eigenvalue weighted by Gasteiger charge is -2.26. The normalized spacial score (nSPS) is 17.5. The summed E-state index contributed by atoms with van der Waals surface area (Å²) in [5, 5.41) is 2.84. The maximum Gasteiger partial charge on any atom is 0.259 e. The minimum absolute atomic E-state index is 0.0882. The number of nitrogens with zero attached hydrogens (tertiary/aromatic N) is 3. The molecule has 1 fully saturated rings. The summed E-state index contributed by atoms with van der Waals surface area (Å²) in [7, 11) is -2.96. The second-order valence-corrected chi connectivity index (χ2v) is 11.8. The topological polar surface area (TPSA) is 99.0 Å². The maximum atomic E-state index is 14.0. The lowest BCUT2D eigenvalue weighted by atomic mass is 10.0. The number of alkyl halides is 2. The van der Waals surface area contributed by atoms with Crippen LogP contribution in [-0.4, -0.2) is 45.4 Å². The predicted molar refractivity (Wildman–Crippen MR) is 135 cm³/mol. The van der Waals surface area contributed by atoms with Crippen molar-refractivity contribution in [3.05, 3.63) is 52.8 Å². The molecule has 1 amide bonds. The highest BCUT2D eigenvalue weighted by atomic mass is 32.2. The van der Waals surface area contributed by atoms with Crippen molar-refractivity contribution in [2.75, 3.05) is 29.6 Å². The summed E-state index contributed by atoms with van der Waals surface area (Å²) < 4.78 is 48.1. The van der Waals surface area contributed by atoms with Crippen molar-refractivity contribution in [1.29, 1.82) is 4.78 Å². The Bertz CT molecular complexity index is 1370. The van der Waals surface area contributed by atoms with Gasteiger partial charge in [-0.15, -0.1) is 11.3 Å². The molecule has 1 aliphatic heterocycles. The number of nitrogens with one attached hydrogen (secondary N) is 2. The van der Waals surface area contributed by atoms with Crippen molar-refractivity contribution in [3.8, 4) is 10.4 Å². The molecule has 1 aliphatic rings. The molecule has 11 heteroatoms. The average molecular weight is 520 g/mol. The number of aryl methyl sites for hydroxylation is 1. The van der Waals surface area contributed by atoms with E-state index in [4.69, 9.17) is 4.78 Å². The molecule has 0 saturated carbocycles. The van der Waals surface area contributed by atoms with E-state index in [-0.39, 0.29) is 19.4 Å². The Morgan fingerprint density at radius 2 is 2.00 bits per heavy atom. The molecule has 3 aromatic rings. The monoisotopic (exact) mass is 519 g/mol. The molecular formula is C24H27F2N5O2S2. The number of halogens is 2. The lowest BCUT2D eigenvalue weighted by molar-refractivity contribution is -0.0102. The van der Waals surface area contributed by atoms with E-state index in [1.54, 1.807) is 34.8 Å². The number of hydrogen-bond acceptors (Lipinski definition) is 7. The summed E-state index contributed by atoms with van der Waals surface area (Å²) >= 11 is 1.44. The van der Waals surface area contributed by atoms with Crippen LogP contribution < -0.4 is 10.2 Å². The van der Waals surface area contributed by atoms with Gasteiger partial charge in [0.2, 0.25) is 5.92 Å². The van der Waals surface area contributed by atoms with Gasteiger partial charge < -0.3 is 10.2 Å². The zero-order valence-corrected chi connectivity index (χ0v) is 21.4. The van der Waals surface area contributed by atoms with Crippen molar-refractivity contribution < 1.29 is 17.8 Å². The number of anilines is 2. The molecule has 2 aromatic heterocycles.